The lowest BCUT2D eigenvalue weighted by molar-refractivity contribution is -0.116. The van der Waals surface area contributed by atoms with Crippen LogP contribution in [-0.4, -0.2) is 18.7 Å². The number of nitrogens with zero attached hydrogens (tertiary/aromatic N) is 1. The normalized spacial score (nSPS) is 12.2. The zero-order chi connectivity index (χ0) is 10.1. The molecule has 5 heteroatoms. The molecule has 0 saturated heterocycles. The highest BCUT2D eigenvalue weighted by molar-refractivity contribution is 7.16. The number of aromatic amines is 1. The number of H-pyrrole nitrogens is 1. The Morgan fingerprint density at radius 3 is 3.07 bits per heavy atom. The monoisotopic (exact) mass is 204 g/mol. The second kappa shape index (κ2) is 3.42. The molecular weight excluding hydrogens is 195 g/mol. The zero-order valence-electron chi connectivity index (χ0n) is 8.00. The lowest BCUT2D eigenvalue weighted by atomic mass is 9.96. The molecular formula is C9H9BN2OS. The summed E-state index contributed by atoms with van der Waals surface area (Å²) in [5.41, 5.74) is 2.23. The molecule has 3 nitrogen and oxygen atoms in total. The van der Waals surface area contributed by atoms with Gasteiger partial charge in [0.05, 0.1) is 10.2 Å². The fourth-order valence-electron chi connectivity index (χ4n) is 1.27. The van der Waals surface area contributed by atoms with Gasteiger partial charge in [-0.25, -0.2) is 0 Å². The summed E-state index contributed by atoms with van der Waals surface area (Å²) in [4.78, 5) is 18.4. The van der Waals surface area contributed by atoms with Gasteiger partial charge in [-0.15, -0.1) is 0 Å². The Hall–Kier alpha value is -1.36. The standard InChI is InChI=1S/C9H9BN2OS/c1-5(13)11-9-12-7-4-6(10)2-3-8(7)14-9/h2-4H,10H2,1H3,(H,11,12,13). The van der Waals surface area contributed by atoms with E-state index in [2.05, 4.69) is 9.98 Å². The highest BCUT2D eigenvalue weighted by Crippen LogP contribution is 2.11. The number of hydrogen-bond donors (Lipinski definition) is 1. The minimum absolute atomic E-state index is 0.176. The maximum Gasteiger partial charge on any atom is 0.245 e. The summed E-state index contributed by atoms with van der Waals surface area (Å²) in [5.74, 6) is -0.176. The first-order valence-electron chi connectivity index (χ1n) is 4.30. The van der Waals surface area contributed by atoms with Crippen LogP contribution in [0, 0.1) is 0 Å². The Labute approximate surface area is 85.9 Å². The second-order valence-corrected chi connectivity index (χ2v) is 4.19. The van der Waals surface area contributed by atoms with Crippen LogP contribution in [0.1, 0.15) is 6.92 Å². The Kier molecular flexibility index (Phi) is 2.25. The lowest BCUT2D eigenvalue weighted by Gasteiger charge is -1.89. The van der Waals surface area contributed by atoms with E-state index < -0.39 is 0 Å². The van der Waals surface area contributed by atoms with Crippen molar-refractivity contribution in [2.24, 2.45) is 4.99 Å². The molecule has 2 aromatic rings. The van der Waals surface area contributed by atoms with Crippen molar-refractivity contribution in [3.63, 3.8) is 0 Å². The average Bonchev–Trinajstić information content (AvgIpc) is 2.44. The van der Waals surface area contributed by atoms with Crippen molar-refractivity contribution in [1.29, 1.82) is 0 Å². The van der Waals surface area contributed by atoms with Gasteiger partial charge in [0.1, 0.15) is 7.85 Å². The molecule has 1 aromatic heterocycles. The van der Waals surface area contributed by atoms with E-state index in [0.29, 0.717) is 4.80 Å². The Bertz CT molecular complexity index is 555. The molecule has 1 aromatic carbocycles. The third-order valence-corrected chi connectivity index (χ3v) is 2.80. The summed E-state index contributed by atoms with van der Waals surface area (Å²) < 4.78 is 1.12. The van der Waals surface area contributed by atoms with Gasteiger partial charge in [-0.05, 0) is 12.1 Å². The van der Waals surface area contributed by atoms with Crippen molar-refractivity contribution < 1.29 is 4.79 Å². The van der Waals surface area contributed by atoms with Crippen molar-refractivity contribution in [3.05, 3.63) is 23.0 Å². The molecule has 0 bridgehead atoms. The molecule has 1 heterocycles. The summed E-state index contributed by atoms with van der Waals surface area (Å²) in [5, 5.41) is 0. The lowest BCUT2D eigenvalue weighted by Crippen LogP contribution is -2.02. The van der Waals surface area contributed by atoms with E-state index >= 15 is 0 Å². The number of fused-ring (bicyclic) bond motifs is 1. The number of rotatable bonds is 0. The van der Waals surface area contributed by atoms with Crippen LogP contribution in [-0.2, 0) is 4.79 Å². The van der Waals surface area contributed by atoms with Gasteiger partial charge in [0, 0.05) is 6.92 Å². The van der Waals surface area contributed by atoms with Crippen LogP contribution in [0.5, 0.6) is 0 Å². The van der Waals surface area contributed by atoms with Crippen LogP contribution in [0.25, 0.3) is 10.2 Å². The first-order valence-corrected chi connectivity index (χ1v) is 5.11. The van der Waals surface area contributed by atoms with Crippen molar-refractivity contribution in [2.45, 2.75) is 6.92 Å². The van der Waals surface area contributed by atoms with E-state index in [1.54, 1.807) is 0 Å². The van der Waals surface area contributed by atoms with Crippen LogP contribution in [0.4, 0.5) is 0 Å². The molecule has 1 N–H and O–H groups in total. The zero-order valence-corrected chi connectivity index (χ0v) is 8.81. The molecule has 0 radical (unpaired) electrons. The summed E-state index contributed by atoms with van der Waals surface area (Å²) >= 11 is 1.49. The van der Waals surface area contributed by atoms with Gasteiger partial charge in [0.15, 0.2) is 4.80 Å². The Balaban J connectivity index is 2.68. The number of benzene rings is 1. The maximum atomic E-state index is 10.8. The van der Waals surface area contributed by atoms with Crippen molar-refractivity contribution in [3.8, 4) is 0 Å². The summed E-state index contributed by atoms with van der Waals surface area (Å²) in [7, 11) is 2.03. The van der Waals surface area contributed by atoms with E-state index in [4.69, 9.17) is 0 Å². The first kappa shape index (κ1) is 9.21. The minimum atomic E-state index is -0.176. The van der Waals surface area contributed by atoms with Crippen LogP contribution >= 0.6 is 11.3 Å². The minimum Gasteiger partial charge on any atom is -0.330 e. The number of amides is 1. The molecule has 0 aliphatic rings. The average molecular weight is 204 g/mol. The number of carbonyl (C=O) groups excluding carboxylic acids is 1. The smallest absolute Gasteiger partial charge is 0.245 e. The Morgan fingerprint density at radius 2 is 2.36 bits per heavy atom. The van der Waals surface area contributed by atoms with Gasteiger partial charge in [0.25, 0.3) is 0 Å². The quantitative estimate of drug-likeness (QED) is 0.600. The molecule has 0 aliphatic carbocycles. The molecule has 14 heavy (non-hydrogen) atoms. The van der Waals surface area contributed by atoms with Crippen molar-refractivity contribution in [1.82, 2.24) is 4.98 Å². The molecule has 1 amide bonds. The molecule has 0 saturated carbocycles. The third-order valence-electron chi connectivity index (χ3n) is 1.84. The summed E-state index contributed by atoms with van der Waals surface area (Å²) in [6.45, 7) is 1.45. The van der Waals surface area contributed by atoms with Gasteiger partial charge in [-0.2, -0.15) is 4.99 Å². The van der Waals surface area contributed by atoms with E-state index in [1.165, 1.54) is 23.7 Å². The highest BCUT2D eigenvalue weighted by Gasteiger charge is 1.97. The van der Waals surface area contributed by atoms with E-state index in [9.17, 15) is 4.79 Å². The maximum absolute atomic E-state index is 10.8. The largest absolute Gasteiger partial charge is 0.330 e. The molecule has 70 valence electrons. The van der Waals surface area contributed by atoms with Gasteiger partial charge >= 0.3 is 0 Å². The topological polar surface area (TPSA) is 45.2 Å². The fraction of sp³-hybridized carbons (Fsp3) is 0.111. The van der Waals surface area contributed by atoms with E-state index in [-0.39, 0.29) is 5.91 Å². The van der Waals surface area contributed by atoms with Gasteiger partial charge < -0.3 is 4.98 Å². The van der Waals surface area contributed by atoms with Crippen LogP contribution in [0.15, 0.2) is 23.2 Å². The van der Waals surface area contributed by atoms with E-state index in [1.807, 2.05) is 26.0 Å². The predicted octanol–water partition coefficient (Wildman–Crippen LogP) is -0.0650. The molecule has 0 fully saturated rings. The number of carbonyl (C=O) groups is 1. The third kappa shape index (κ3) is 1.77. The Morgan fingerprint density at radius 1 is 1.57 bits per heavy atom. The van der Waals surface area contributed by atoms with Gasteiger partial charge in [-0.1, -0.05) is 22.9 Å². The summed E-state index contributed by atoms with van der Waals surface area (Å²) in [6.07, 6.45) is 0. The van der Waals surface area contributed by atoms with Crippen LogP contribution in [0.2, 0.25) is 0 Å². The van der Waals surface area contributed by atoms with E-state index in [0.717, 1.165) is 10.2 Å². The highest BCUT2D eigenvalue weighted by atomic mass is 32.1. The number of thiazole rings is 1. The molecule has 2 rings (SSSR count). The number of hydrogen-bond acceptors (Lipinski definition) is 2. The van der Waals surface area contributed by atoms with Gasteiger partial charge in [0.2, 0.25) is 5.91 Å². The molecule has 0 atom stereocenters. The van der Waals surface area contributed by atoms with Gasteiger partial charge in [-0.3, -0.25) is 4.79 Å². The summed E-state index contributed by atoms with van der Waals surface area (Å²) in [6, 6.07) is 6.13. The SMILES string of the molecule is Bc1ccc2s/c(=N/C(C)=O)[nH]c2c1. The van der Waals surface area contributed by atoms with Crippen molar-refractivity contribution in [2.75, 3.05) is 0 Å². The predicted molar refractivity (Wildman–Crippen MR) is 60.6 cm³/mol. The van der Waals surface area contributed by atoms with Crippen LogP contribution in [0.3, 0.4) is 0 Å². The fourth-order valence-corrected chi connectivity index (χ4v) is 2.17. The molecule has 0 unspecified atom stereocenters. The second-order valence-electron chi connectivity index (χ2n) is 3.16. The first-order chi connectivity index (χ1) is 6.65. The number of aromatic nitrogens is 1. The van der Waals surface area contributed by atoms with Crippen LogP contribution < -0.4 is 10.3 Å². The van der Waals surface area contributed by atoms with Crippen molar-refractivity contribution >= 4 is 40.8 Å². The molecule has 0 aliphatic heterocycles. The number of nitrogens with one attached hydrogen (secondary N) is 1. The molecule has 0 spiro atoms.